The molecule has 7 nitrogen and oxygen atoms in total. The van der Waals surface area contributed by atoms with Gasteiger partial charge in [-0.05, 0) is 42.3 Å². The Bertz CT molecular complexity index is 995. The van der Waals surface area contributed by atoms with E-state index in [0.717, 1.165) is 6.42 Å². The molecule has 2 aromatic rings. The van der Waals surface area contributed by atoms with Crippen molar-refractivity contribution in [2.75, 3.05) is 20.4 Å². The van der Waals surface area contributed by atoms with Crippen molar-refractivity contribution in [2.45, 2.75) is 19.4 Å². The summed E-state index contributed by atoms with van der Waals surface area (Å²) in [5.74, 6) is 0.120. The quantitative estimate of drug-likeness (QED) is 0.475. The number of carbonyl (C=O) groups is 2. The van der Waals surface area contributed by atoms with E-state index in [1.165, 1.54) is 4.90 Å². The number of nitrogens with zero attached hydrogens (tertiary/aromatic N) is 1. The number of ether oxygens (including phenoxy) is 3. The average Bonchev–Trinajstić information content (AvgIpc) is 3.30. The normalized spacial score (nSPS) is 19.7. The maximum Gasteiger partial charge on any atom is 0.295 e. The monoisotopic (exact) mass is 395 g/mol. The van der Waals surface area contributed by atoms with Gasteiger partial charge >= 0.3 is 0 Å². The highest BCUT2D eigenvalue weighted by Crippen LogP contribution is 2.40. The first kappa shape index (κ1) is 18.9. The second kappa shape index (κ2) is 7.50. The van der Waals surface area contributed by atoms with Crippen molar-refractivity contribution >= 4 is 17.4 Å². The topological polar surface area (TPSA) is 85.3 Å². The van der Waals surface area contributed by atoms with Crippen LogP contribution in [0.5, 0.6) is 17.2 Å². The van der Waals surface area contributed by atoms with Crippen molar-refractivity contribution in [3.8, 4) is 17.2 Å². The van der Waals surface area contributed by atoms with Crippen LogP contribution in [0.2, 0.25) is 0 Å². The first-order valence-corrected chi connectivity index (χ1v) is 9.38. The van der Waals surface area contributed by atoms with Crippen molar-refractivity contribution in [2.24, 2.45) is 0 Å². The van der Waals surface area contributed by atoms with Crippen LogP contribution in [0.3, 0.4) is 0 Å². The largest absolute Gasteiger partial charge is 0.507 e. The van der Waals surface area contributed by atoms with Crippen LogP contribution in [-0.2, 0) is 9.59 Å². The predicted octanol–water partition coefficient (Wildman–Crippen LogP) is 3.26. The summed E-state index contributed by atoms with van der Waals surface area (Å²) in [6, 6.07) is 11.4. The summed E-state index contributed by atoms with van der Waals surface area (Å²) in [4.78, 5) is 26.4. The van der Waals surface area contributed by atoms with Gasteiger partial charge in [-0.1, -0.05) is 19.1 Å². The second-order valence-corrected chi connectivity index (χ2v) is 6.90. The molecule has 1 atom stereocenters. The Morgan fingerprint density at radius 1 is 1.14 bits per heavy atom. The molecule has 4 rings (SSSR count). The minimum Gasteiger partial charge on any atom is -0.507 e. The standard InChI is InChI=1S/C22H21NO6/c1-3-10-27-15-7-4-13(5-8-15)19-18(21(25)22(26)23(19)2)20(24)14-6-9-16-17(11-14)29-12-28-16/h4-9,11,19,24H,3,10,12H2,1-2H3/b20-18+. The summed E-state index contributed by atoms with van der Waals surface area (Å²) in [6.07, 6.45) is 0.895. The van der Waals surface area contributed by atoms with Crippen LogP contribution in [-0.4, -0.2) is 42.1 Å². The van der Waals surface area contributed by atoms with E-state index < -0.39 is 17.7 Å². The number of hydrogen-bond acceptors (Lipinski definition) is 6. The average molecular weight is 395 g/mol. The summed E-state index contributed by atoms with van der Waals surface area (Å²) in [5.41, 5.74) is 1.13. The maximum absolute atomic E-state index is 12.7. The number of benzene rings is 2. The molecule has 1 unspecified atom stereocenters. The van der Waals surface area contributed by atoms with Crippen molar-refractivity contribution < 1.29 is 28.9 Å². The van der Waals surface area contributed by atoms with E-state index >= 15 is 0 Å². The fourth-order valence-corrected chi connectivity index (χ4v) is 3.50. The number of hydrogen-bond donors (Lipinski definition) is 1. The molecule has 0 spiro atoms. The third-order valence-electron chi connectivity index (χ3n) is 4.99. The van der Waals surface area contributed by atoms with Crippen LogP contribution in [0.4, 0.5) is 0 Å². The highest BCUT2D eigenvalue weighted by atomic mass is 16.7. The third-order valence-corrected chi connectivity index (χ3v) is 4.99. The Hall–Kier alpha value is -3.48. The van der Waals surface area contributed by atoms with Gasteiger partial charge in [0, 0.05) is 12.6 Å². The number of amides is 1. The summed E-state index contributed by atoms with van der Waals surface area (Å²) in [5, 5.41) is 10.9. The predicted molar refractivity (Wildman–Crippen MR) is 105 cm³/mol. The molecule has 29 heavy (non-hydrogen) atoms. The number of rotatable bonds is 5. The van der Waals surface area contributed by atoms with Crippen LogP contribution in [0.1, 0.15) is 30.5 Å². The highest BCUT2D eigenvalue weighted by Gasteiger charge is 2.44. The maximum atomic E-state index is 12.7. The van der Waals surface area contributed by atoms with E-state index in [9.17, 15) is 14.7 Å². The van der Waals surface area contributed by atoms with E-state index in [-0.39, 0.29) is 18.1 Å². The van der Waals surface area contributed by atoms with Gasteiger partial charge in [-0.3, -0.25) is 9.59 Å². The lowest BCUT2D eigenvalue weighted by Gasteiger charge is -2.21. The van der Waals surface area contributed by atoms with Gasteiger partial charge in [0.15, 0.2) is 11.5 Å². The van der Waals surface area contributed by atoms with Crippen molar-refractivity contribution in [3.63, 3.8) is 0 Å². The molecule has 0 bridgehead atoms. The molecule has 7 heteroatoms. The zero-order valence-electron chi connectivity index (χ0n) is 16.2. The van der Waals surface area contributed by atoms with Gasteiger partial charge < -0.3 is 24.2 Å². The second-order valence-electron chi connectivity index (χ2n) is 6.90. The van der Waals surface area contributed by atoms with Gasteiger partial charge in [0.2, 0.25) is 6.79 Å². The lowest BCUT2D eigenvalue weighted by atomic mass is 9.95. The van der Waals surface area contributed by atoms with Gasteiger partial charge in [-0.25, -0.2) is 0 Å². The van der Waals surface area contributed by atoms with Crippen LogP contribution >= 0.6 is 0 Å². The molecule has 2 aliphatic rings. The highest BCUT2D eigenvalue weighted by molar-refractivity contribution is 6.46. The van der Waals surface area contributed by atoms with E-state index in [0.29, 0.717) is 35.0 Å². The lowest BCUT2D eigenvalue weighted by molar-refractivity contribution is -0.139. The Labute approximate surface area is 168 Å². The van der Waals surface area contributed by atoms with Crippen LogP contribution < -0.4 is 14.2 Å². The fraction of sp³-hybridized carbons (Fsp3) is 0.273. The van der Waals surface area contributed by atoms with E-state index in [4.69, 9.17) is 14.2 Å². The number of likely N-dealkylation sites (tertiary alicyclic amines) is 1. The van der Waals surface area contributed by atoms with E-state index in [1.54, 1.807) is 49.5 Å². The van der Waals surface area contributed by atoms with Gasteiger partial charge in [-0.15, -0.1) is 0 Å². The lowest BCUT2D eigenvalue weighted by Crippen LogP contribution is -2.24. The first-order valence-electron chi connectivity index (χ1n) is 9.38. The molecule has 1 amide bonds. The van der Waals surface area contributed by atoms with Crippen molar-refractivity contribution in [1.82, 2.24) is 4.90 Å². The molecule has 1 saturated heterocycles. The number of likely N-dealkylation sites (N-methyl/N-ethyl adjacent to an activating group) is 1. The number of ketones is 1. The van der Waals surface area contributed by atoms with Gasteiger partial charge in [-0.2, -0.15) is 0 Å². The molecule has 2 aromatic carbocycles. The first-order chi connectivity index (χ1) is 14.0. The van der Waals surface area contributed by atoms with Gasteiger partial charge in [0.05, 0.1) is 18.2 Å². The fourth-order valence-electron chi connectivity index (χ4n) is 3.50. The summed E-state index contributed by atoms with van der Waals surface area (Å²) in [6.45, 7) is 2.73. The minimum absolute atomic E-state index is 0.0404. The van der Waals surface area contributed by atoms with Crippen LogP contribution in [0.25, 0.3) is 5.76 Å². The number of fused-ring (bicyclic) bond motifs is 1. The molecular formula is C22H21NO6. The van der Waals surface area contributed by atoms with Crippen LogP contribution in [0.15, 0.2) is 48.0 Å². The van der Waals surface area contributed by atoms with Crippen molar-refractivity contribution in [1.29, 1.82) is 0 Å². The summed E-state index contributed by atoms with van der Waals surface area (Å²) >= 11 is 0. The molecule has 2 heterocycles. The zero-order valence-corrected chi connectivity index (χ0v) is 16.2. The number of aliphatic hydroxyl groups is 1. The smallest absolute Gasteiger partial charge is 0.295 e. The Kier molecular flexibility index (Phi) is 4.88. The molecule has 150 valence electrons. The molecule has 0 saturated carbocycles. The summed E-state index contributed by atoms with van der Waals surface area (Å²) < 4.78 is 16.2. The van der Waals surface area contributed by atoms with Gasteiger partial charge in [0.1, 0.15) is 11.5 Å². The molecule has 0 aromatic heterocycles. The van der Waals surface area contributed by atoms with Crippen LogP contribution in [0, 0.1) is 0 Å². The molecular weight excluding hydrogens is 374 g/mol. The van der Waals surface area contributed by atoms with Crippen molar-refractivity contribution in [3.05, 3.63) is 59.2 Å². The SMILES string of the molecule is CCCOc1ccc(C2/C(=C(\O)c3ccc4c(c3)OCO4)C(=O)C(=O)N2C)cc1. The molecule has 1 fully saturated rings. The van der Waals surface area contributed by atoms with E-state index in [1.807, 2.05) is 6.92 Å². The Balaban J connectivity index is 1.74. The molecule has 0 aliphatic carbocycles. The number of Topliss-reactive ketones (excluding diaryl/α,β-unsaturated/α-hetero) is 1. The van der Waals surface area contributed by atoms with Gasteiger partial charge in [0.25, 0.3) is 11.7 Å². The zero-order chi connectivity index (χ0) is 20.5. The Morgan fingerprint density at radius 3 is 2.59 bits per heavy atom. The molecule has 1 N–H and O–H groups in total. The molecule has 0 radical (unpaired) electrons. The summed E-state index contributed by atoms with van der Waals surface area (Å²) in [7, 11) is 1.55. The molecule has 2 aliphatic heterocycles. The third kappa shape index (κ3) is 3.29. The number of carbonyl (C=O) groups excluding carboxylic acids is 2. The minimum atomic E-state index is -0.723. The van der Waals surface area contributed by atoms with E-state index in [2.05, 4.69) is 0 Å². The Morgan fingerprint density at radius 2 is 1.86 bits per heavy atom. The number of aliphatic hydroxyl groups excluding tert-OH is 1.